The van der Waals surface area contributed by atoms with E-state index in [1.54, 1.807) is 29.6 Å². The Balaban J connectivity index is 1.55. The average Bonchev–Trinajstić information content (AvgIpc) is 3.49. The third kappa shape index (κ3) is 4.52. The molecule has 34 heavy (non-hydrogen) atoms. The molecule has 0 aliphatic carbocycles. The Morgan fingerprint density at radius 1 is 0.971 bits per heavy atom. The molecule has 1 aliphatic rings. The number of hydrazine groups is 1. The van der Waals surface area contributed by atoms with Gasteiger partial charge in [-0.3, -0.25) is 15.0 Å². The second-order valence-electron chi connectivity index (χ2n) is 6.96. The van der Waals surface area contributed by atoms with Crippen LogP contribution in [0.3, 0.4) is 0 Å². The molecule has 4 rings (SSSR count). The first kappa shape index (κ1) is 22.7. The van der Waals surface area contributed by atoms with Crippen LogP contribution >= 0.6 is 11.3 Å². The molecule has 1 fully saturated rings. The minimum Gasteiger partial charge on any atom is -0.493 e. The molecule has 9 nitrogen and oxygen atoms in total. The van der Waals surface area contributed by atoms with Gasteiger partial charge in [0, 0.05) is 0 Å². The van der Waals surface area contributed by atoms with Crippen molar-refractivity contribution in [2.75, 3.05) is 19.2 Å². The van der Waals surface area contributed by atoms with Crippen LogP contribution in [0.15, 0.2) is 65.6 Å². The molecule has 0 saturated carbocycles. The zero-order valence-electron chi connectivity index (χ0n) is 18.1. The lowest BCUT2D eigenvalue weighted by atomic mass is 10.1. The van der Waals surface area contributed by atoms with Crippen molar-refractivity contribution in [2.24, 2.45) is 0 Å². The van der Waals surface area contributed by atoms with E-state index in [1.807, 2.05) is 0 Å². The Morgan fingerprint density at radius 3 is 2.38 bits per heavy atom. The summed E-state index contributed by atoms with van der Waals surface area (Å²) in [6.45, 7) is 0. The summed E-state index contributed by atoms with van der Waals surface area (Å²) >= 11 is 1.26. The maximum absolute atomic E-state index is 12.9. The maximum Gasteiger partial charge on any atom is 0.353 e. The van der Waals surface area contributed by atoms with E-state index < -0.39 is 23.8 Å². The van der Waals surface area contributed by atoms with E-state index in [-0.39, 0.29) is 17.1 Å². The van der Waals surface area contributed by atoms with Gasteiger partial charge in [0.05, 0.1) is 25.5 Å². The molecule has 0 unspecified atom stereocenters. The number of thiophene rings is 1. The maximum atomic E-state index is 12.9. The second-order valence-corrected chi connectivity index (χ2v) is 7.90. The quantitative estimate of drug-likeness (QED) is 0.251. The van der Waals surface area contributed by atoms with E-state index in [4.69, 9.17) is 9.47 Å². The molecule has 3 aromatic rings. The van der Waals surface area contributed by atoms with Crippen LogP contribution in [0.25, 0.3) is 6.08 Å². The van der Waals surface area contributed by atoms with Crippen LogP contribution in [0.1, 0.15) is 25.6 Å². The SMILES string of the molecule is COC(=O)c1ccc(N2NC(=O)C(=Cc3ccc(OC(=O)c4cccs4)c(OC)c3)C2=O)cc1. The summed E-state index contributed by atoms with van der Waals surface area (Å²) in [7, 11) is 2.69. The summed E-state index contributed by atoms with van der Waals surface area (Å²) in [5.74, 6) is -1.71. The van der Waals surface area contributed by atoms with Gasteiger partial charge in [-0.05, 0) is 59.5 Å². The van der Waals surface area contributed by atoms with Crippen molar-refractivity contribution in [3.63, 3.8) is 0 Å². The predicted molar refractivity (Wildman–Crippen MR) is 124 cm³/mol. The molecule has 1 saturated heterocycles. The van der Waals surface area contributed by atoms with Crippen molar-refractivity contribution in [1.29, 1.82) is 0 Å². The molecule has 2 amide bonds. The van der Waals surface area contributed by atoms with Crippen LogP contribution in [0, 0.1) is 0 Å². The highest BCUT2D eigenvalue weighted by Gasteiger charge is 2.34. The molecule has 1 aromatic heterocycles. The molecular weight excluding hydrogens is 460 g/mol. The van der Waals surface area contributed by atoms with Crippen molar-refractivity contribution < 1.29 is 33.4 Å². The molecule has 2 heterocycles. The van der Waals surface area contributed by atoms with Gasteiger partial charge in [-0.25, -0.2) is 14.6 Å². The minimum absolute atomic E-state index is 0.0950. The van der Waals surface area contributed by atoms with Crippen molar-refractivity contribution >= 4 is 46.9 Å². The van der Waals surface area contributed by atoms with Crippen molar-refractivity contribution in [2.45, 2.75) is 0 Å². The molecule has 1 N–H and O–H groups in total. The number of esters is 2. The minimum atomic E-state index is -0.589. The average molecular weight is 478 g/mol. The highest BCUT2D eigenvalue weighted by Crippen LogP contribution is 2.31. The van der Waals surface area contributed by atoms with Gasteiger partial charge in [-0.1, -0.05) is 12.1 Å². The van der Waals surface area contributed by atoms with Gasteiger partial charge in [0.1, 0.15) is 10.5 Å². The monoisotopic (exact) mass is 478 g/mol. The van der Waals surface area contributed by atoms with Crippen LogP contribution in [0.5, 0.6) is 11.5 Å². The molecule has 1 aliphatic heterocycles. The summed E-state index contributed by atoms with van der Waals surface area (Å²) in [6.07, 6.45) is 1.41. The molecule has 2 aromatic carbocycles. The largest absolute Gasteiger partial charge is 0.493 e. The number of carbonyl (C=O) groups is 4. The Morgan fingerprint density at radius 2 is 1.74 bits per heavy atom. The van der Waals surface area contributed by atoms with Gasteiger partial charge in [0.25, 0.3) is 11.8 Å². The van der Waals surface area contributed by atoms with Gasteiger partial charge in [0.15, 0.2) is 11.5 Å². The Hall–Kier alpha value is -4.44. The Bertz CT molecular complexity index is 1300. The lowest BCUT2D eigenvalue weighted by molar-refractivity contribution is -0.117. The predicted octanol–water partition coefficient (Wildman–Crippen LogP) is 3.22. The fourth-order valence-corrected chi connectivity index (χ4v) is 3.77. The summed E-state index contributed by atoms with van der Waals surface area (Å²) in [5.41, 5.74) is 3.58. The van der Waals surface area contributed by atoms with Gasteiger partial charge in [0.2, 0.25) is 0 Å². The number of hydrogen-bond donors (Lipinski definition) is 1. The number of hydrogen-bond acceptors (Lipinski definition) is 8. The second kappa shape index (κ2) is 9.59. The number of benzene rings is 2. The van der Waals surface area contributed by atoms with Crippen molar-refractivity contribution in [1.82, 2.24) is 5.43 Å². The third-order valence-corrected chi connectivity index (χ3v) is 5.71. The molecule has 172 valence electrons. The number of nitrogens with zero attached hydrogens (tertiary/aromatic N) is 1. The number of ether oxygens (including phenoxy) is 3. The fourth-order valence-electron chi connectivity index (χ4n) is 3.17. The van der Waals surface area contributed by atoms with Crippen molar-refractivity contribution in [3.8, 4) is 11.5 Å². The number of rotatable bonds is 6. The number of carbonyl (C=O) groups excluding carboxylic acids is 4. The fraction of sp³-hybridized carbons (Fsp3) is 0.0833. The van der Waals surface area contributed by atoms with E-state index >= 15 is 0 Å². The first-order valence-corrected chi connectivity index (χ1v) is 10.8. The summed E-state index contributed by atoms with van der Waals surface area (Å²) in [6, 6.07) is 14.1. The van der Waals surface area contributed by atoms with E-state index in [1.165, 1.54) is 62.0 Å². The van der Waals surface area contributed by atoms with E-state index in [0.717, 1.165) is 5.01 Å². The summed E-state index contributed by atoms with van der Waals surface area (Å²) in [5, 5.41) is 2.85. The molecule has 0 atom stereocenters. The highest BCUT2D eigenvalue weighted by molar-refractivity contribution is 7.12. The third-order valence-electron chi connectivity index (χ3n) is 4.86. The first-order chi connectivity index (χ1) is 16.4. The zero-order chi connectivity index (χ0) is 24.2. The topological polar surface area (TPSA) is 111 Å². The van der Waals surface area contributed by atoms with Crippen LogP contribution in [0.2, 0.25) is 0 Å². The molecule has 10 heteroatoms. The molecule has 0 spiro atoms. The van der Waals surface area contributed by atoms with Crippen LogP contribution in [0.4, 0.5) is 5.69 Å². The number of methoxy groups -OCH3 is 2. The van der Waals surface area contributed by atoms with Gasteiger partial charge >= 0.3 is 11.9 Å². The van der Waals surface area contributed by atoms with Gasteiger partial charge in [-0.15, -0.1) is 11.3 Å². The zero-order valence-corrected chi connectivity index (χ0v) is 18.9. The van der Waals surface area contributed by atoms with Gasteiger partial charge < -0.3 is 14.2 Å². The Labute approximate surface area is 198 Å². The Kier molecular flexibility index (Phi) is 6.42. The van der Waals surface area contributed by atoms with Crippen LogP contribution in [-0.4, -0.2) is 38.0 Å². The summed E-state index contributed by atoms with van der Waals surface area (Å²) < 4.78 is 15.4. The number of amides is 2. The lowest BCUT2D eigenvalue weighted by Crippen LogP contribution is -2.35. The van der Waals surface area contributed by atoms with E-state index in [0.29, 0.717) is 21.7 Å². The van der Waals surface area contributed by atoms with E-state index in [2.05, 4.69) is 10.2 Å². The number of nitrogens with one attached hydrogen (secondary N) is 1. The molecule has 0 radical (unpaired) electrons. The standard InChI is InChI=1S/C24H18N2O7S/c1-31-19-13-14(5-10-18(19)33-24(30)20-4-3-11-34-20)12-17-21(27)25-26(22(17)28)16-8-6-15(7-9-16)23(29)32-2/h3-13H,1-2H3,(H,25,27). The first-order valence-electron chi connectivity index (χ1n) is 9.90. The molecular formula is C24H18N2O7S. The normalized spacial score (nSPS) is 14.2. The lowest BCUT2D eigenvalue weighted by Gasteiger charge is -2.14. The smallest absolute Gasteiger partial charge is 0.353 e. The highest BCUT2D eigenvalue weighted by atomic mass is 32.1. The van der Waals surface area contributed by atoms with Gasteiger partial charge in [-0.2, -0.15) is 0 Å². The van der Waals surface area contributed by atoms with E-state index in [9.17, 15) is 19.2 Å². The van der Waals surface area contributed by atoms with Crippen molar-refractivity contribution in [3.05, 3.63) is 81.6 Å². The van der Waals surface area contributed by atoms with Crippen LogP contribution < -0.4 is 19.9 Å². The summed E-state index contributed by atoms with van der Waals surface area (Å²) in [4.78, 5) is 49.6. The number of anilines is 1. The van der Waals surface area contributed by atoms with Crippen LogP contribution in [-0.2, 0) is 14.3 Å². The molecule has 0 bridgehead atoms.